The third kappa shape index (κ3) is 2.78. The Balaban J connectivity index is 1.69. The zero-order valence-corrected chi connectivity index (χ0v) is 11.2. The van der Waals surface area contributed by atoms with Crippen molar-refractivity contribution < 1.29 is 4.42 Å². The zero-order valence-electron chi connectivity index (χ0n) is 11.2. The second-order valence-electron chi connectivity index (χ2n) is 5.33. The summed E-state index contributed by atoms with van der Waals surface area (Å²) in [5.41, 5.74) is 2.13. The minimum absolute atomic E-state index is 0.567. The fourth-order valence-corrected chi connectivity index (χ4v) is 2.75. The average Bonchev–Trinajstić information content (AvgIpc) is 2.96. The molecule has 19 heavy (non-hydrogen) atoms. The largest absolute Gasteiger partial charge is 0.423 e. The number of hydrogen-bond acceptors (Lipinski definition) is 4. The first-order valence-corrected chi connectivity index (χ1v) is 6.96. The van der Waals surface area contributed by atoms with E-state index in [1.54, 1.807) is 0 Å². The van der Waals surface area contributed by atoms with Crippen LogP contribution >= 0.6 is 0 Å². The number of nitrogens with zero attached hydrogens (tertiary/aromatic N) is 2. The molecule has 4 heteroatoms. The van der Waals surface area contributed by atoms with Crippen molar-refractivity contribution in [1.29, 1.82) is 0 Å². The summed E-state index contributed by atoms with van der Waals surface area (Å²) in [7, 11) is 0. The van der Waals surface area contributed by atoms with Crippen molar-refractivity contribution in [3.05, 3.63) is 30.7 Å². The maximum atomic E-state index is 5.18. The van der Waals surface area contributed by atoms with Crippen LogP contribution in [-0.4, -0.2) is 16.2 Å². The summed E-state index contributed by atoms with van der Waals surface area (Å²) in [5, 5.41) is 11.2. The van der Waals surface area contributed by atoms with Gasteiger partial charge in [-0.2, -0.15) is 0 Å². The van der Waals surface area contributed by atoms with Crippen molar-refractivity contribution in [2.24, 2.45) is 5.92 Å². The van der Waals surface area contributed by atoms with Gasteiger partial charge in [0, 0.05) is 17.3 Å². The van der Waals surface area contributed by atoms with Crippen molar-refractivity contribution in [2.45, 2.75) is 38.6 Å². The van der Waals surface area contributed by atoms with Gasteiger partial charge in [-0.15, -0.1) is 10.2 Å². The van der Waals surface area contributed by atoms with Crippen LogP contribution in [0.1, 0.15) is 32.6 Å². The summed E-state index contributed by atoms with van der Waals surface area (Å²) in [6, 6.07) is 8.80. The molecule has 0 spiro atoms. The molecule has 3 rings (SSSR count). The Hall–Kier alpha value is -1.84. The normalized spacial score (nSPS) is 23.2. The molecule has 1 aliphatic rings. The lowest BCUT2D eigenvalue weighted by Crippen LogP contribution is -2.30. The van der Waals surface area contributed by atoms with Crippen LogP contribution < -0.4 is 5.32 Å². The molecule has 1 heterocycles. The van der Waals surface area contributed by atoms with E-state index in [4.69, 9.17) is 4.42 Å². The molecule has 0 saturated heterocycles. The van der Waals surface area contributed by atoms with Gasteiger partial charge in [-0.25, -0.2) is 0 Å². The maximum Gasteiger partial charge on any atom is 0.247 e. The van der Waals surface area contributed by atoms with Gasteiger partial charge in [0.1, 0.15) is 0 Å². The molecule has 4 nitrogen and oxygen atoms in total. The van der Waals surface area contributed by atoms with E-state index < -0.39 is 0 Å². The second-order valence-corrected chi connectivity index (χ2v) is 5.33. The van der Waals surface area contributed by atoms with Gasteiger partial charge in [-0.05, 0) is 43.0 Å². The van der Waals surface area contributed by atoms with E-state index in [1.165, 1.54) is 37.8 Å². The summed E-state index contributed by atoms with van der Waals surface area (Å²) in [4.78, 5) is 0. The van der Waals surface area contributed by atoms with E-state index in [-0.39, 0.29) is 0 Å². The number of rotatable bonds is 3. The van der Waals surface area contributed by atoms with Crippen molar-refractivity contribution in [3.63, 3.8) is 0 Å². The second kappa shape index (κ2) is 5.43. The number of hydrogen-bond donors (Lipinski definition) is 1. The number of aromatic nitrogens is 2. The van der Waals surface area contributed by atoms with Gasteiger partial charge in [0.05, 0.1) is 0 Å². The number of anilines is 1. The topological polar surface area (TPSA) is 51.0 Å². The molecule has 0 aliphatic heterocycles. The highest BCUT2D eigenvalue weighted by atomic mass is 16.4. The first kappa shape index (κ1) is 12.2. The quantitative estimate of drug-likeness (QED) is 0.910. The third-order valence-electron chi connectivity index (χ3n) is 3.96. The van der Waals surface area contributed by atoms with Crippen molar-refractivity contribution in [3.8, 4) is 11.5 Å². The Morgan fingerprint density at radius 2 is 1.95 bits per heavy atom. The molecule has 1 aromatic carbocycles. The summed E-state index contributed by atoms with van der Waals surface area (Å²) in [6.45, 7) is 2.34. The van der Waals surface area contributed by atoms with Gasteiger partial charge < -0.3 is 9.73 Å². The molecule has 2 atom stereocenters. The van der Waals surface area contributed by atoms with Crippen molar-refractivity contribution in [2.75, 3.05) is 5.32 Å². The van der Waals surface area contributed by atoms with Gasteiger partial charge >= 0.3 is 0 Å². The van der Waals surface area contributed by atoms with E-state index in [2.05, 4.69) is 34.6 Å². The number of benzene rings is 1. The SMILES string of the molecule is CC1CCCCC1Nc1ccc(-c2nnco2)cc1. The van der Waals surface area contributed by atoms with Crippen LogP contribution in [0, 0.1) is 5.92 Å². The molecule has 1 fully saturated rings. The molecular weight excluding hydrogens is 238 g/mol. The Morgan fingerprint density at radius 1 is 1.16 bits per heavy atom. The highest BCUT2D eigenvalue weighted by Gasteiger charge is 2.20. The molecule has 2 unspecified atom stereocenters. The Kier molecular flexibility index (Phi) is 3.49. The summed E-state index contributed by atoms with van der Waals surface area (Å²) in [5.74, 6) is 1.32. The van der Waals surface area contributed by atoms with Crippen LogP contribution in [0.3, 0.4) is 0 Å². The van der Waals surface area contributed by atoms with Crippen LogP contribution in [0.5, 0.6) is 0 Å². The molecule has 1 aliphatic carbocycles. The summed E-state index contributed by atoms with van der Waals surface area (Å²) in [6.07, 6.45) is 6.66. The van der Waals surface area contributed by atoms with Gasteiger partial charge in [-0.1, -0.05) is 19.8 Å². The fourth-order valence-electron chi connectivity index (χ4n) is 2.75. The maximum absolute atomic E-state index is 5.18. The molecule has 2 aromatic rings. The lowest BCUT2D eigenvalue weighted by atomic mass is 9.86. The standard InChI is InChI=1S/C15H19N3O/c1-11-4-2-3-5-14(11)17-13-8-6-12(7-9-13)15-18-16-10-19-15/h6-11,14,17H,2-5H2,1H3. The van der Waals surface area contributed by atoms with E-state index in [1.807, 2.05) is 12.1 Å². The third-order valence-corrected chi connectivity index (χ3v) is 3.96. The predicted octanol–water partition coefficient (Wildman–Crippen LogP) is 3.73. The first-order chi connectivity index (χ1) is 9.33. The molecule has 0 bridgehead atoms. The molecule has 1 saturated carbocycles. The molecule has 0 radical (unpaired) electrons. The molecule has 0 amide bonds. The van der Waals surface area contributed by atoms with Crippen LogP contribution in [0.2, 0.25) is 0 Å². The Morgan fingerprint density at radius 3 is 2.63 bits per heavy atom. The summed E-state index contributed by atoms with van der Waals surface area (Å²) < 4.78 is 5.18. The van der Waals surface area contributed by atoms with E-state index in [9.17, 15) is 0 Å². The Bertz CT molecular complexity index is 507. The minimum Gasteiger partial charge on any atom is -0.423 e. The molecule has 100 valence electrons. The Labute approximate surface area is 113 Å². The lowest BCUT2D eigenvalue weighted by molar-refractivity contribution is 0.349. The van der Waals surface area contributed by atoms with Crippen molar-refractivity contribution >= 4 is 5.69 Å². The molecular formula is C15H19N3O. The van der Waals surface area contributed by atoms with E-state index >= 15 is 0 Å². The van der Waals surface area contributed by atoms with Gasteiger partial charge in [-0.3, -0.25) is 0 Å². The van der Waals surface area contributed by atoms with E-state index in [0.29, 0.717) is 11.9 Å². The monoisotopic (exact) mass is 257 g/mol. The highest BCUT2D eigenvalue weighted by molar-refractivity contribution is 5.58. The first-order valence-electron chi connectivity index (χ1n) is 6.96. The van der Waals surface area contributed by atoms with Gasteiger partial charge in [0.2, 0.25) is 12.3 Å². The lowest BCUT2D eigenvalue weighted by Gasteiger charge is -2.30. The van der Waals surface area contributed by atoms with Crippen LogP contribution in [0.15, 0.2) is 35.1 Å². The number of nitrogens with one attached hydrogen (secondary N) is 1. The minimum atomic E-state index is 0.567. The van der Waals surface area contributed by atoms with E-state index in [0.717, 1.165) is 11.5 Å². The van der Waals surface area contributed by atoms with Gasteiger partial charge in [0.15, 0.2) is 0 Å². The van der Waals surface area contributed by atoms with Crippen LogP contribution in [0.25, 0.3) is 11.5 Å². The average molecular weight is 257 g/mol. The van der Waals surface area contributed by atoms with Crippen molar-refractivity contribution in [1.82, 2.24) is 10.2 Å². The highest BCUT2D eigenvalue weighted by Crippen LogP contribution is 2.27. The smallest absolute Gasteiger partial charge is 0.247 e. The predicted molar refractivity (Wildman–Crippen MR) is 74.8 cm³/mol. The van der Waals surface area contributed by atoms with Gasteiger partial charge in [0.25, 0.3) is 0 Å². The fraction of sp³-hybridized carbons (Fsp3) is 0.467. The molecule has 1 aromatic heterocycles. The van der Waals surface area contributed by atoms with Crippen LogP contribution in [0.4, 0.5) is 5.69 Å². The molecule has 1 N–H and O–H groups in total. The zero-order chi connectivity index (χ0) is 13.1. The van der Waals surface area contributed by atoms with Crippen LogP contribution in [-0.2, 0) is 0 Å². The summed E-state index contributed by atoms with van der Waals surface area (Å²) >= 11 is 0.